The molecule has 0 saturated heterocycles. The average molecular weight is 393 g/mol. The summed E-state index contributed by atoms with van der Waals surface area (Å²) >= 11 is 0. The molecule has 1 amide bonds. The van der Waals surface area contributed by atoms with Crippen LogP contribution in [-0.4, -0.2) is 5.91 Å². The van der Waals surface area contributed by atoms with Crippen LogP contribution in [0.2, 0.25) is 0 Å². The van der Waals surface area contributed by atoms with Gasteiger partial charge in [0.05, 0.1) is 6.04 Å². The first-order chi connectivity index (χ1) is 13.4. The molecular weight excluding hydrogens is 378 g/mol. The van der Waals surface area contributed by atoms with E-state index in [4.69, 9.17) is 9.15 Å². The van der Waals surface area contributed by atoms with Crippen LogP contribution in [0.15, 0.2) is 52.9 Å². The molecule has 0 aliphatic carbocycles. The molecule has 1 aromatic heterocycles. The van der Waals surface area contributed by atoms with Gasteiger partial charge in [-0.05, 0) is 24.6 Å². The molecule has 28 heavy (non-hydrogen) atoms. The molecule has 146 valence electrons. The highest BCUT2D eigenvalue weighted by Crippen LogP contribution is 2.27. The van der Waals surface area contributed by atoms with Crippen LogP contribution < -0.4 is 10.1 Å². The number of nitrogens with one attached hydrogen (secondary N) is 1. The van der Waals surface area contributed by atoms with Crippen LogP contribution in [0, 0.1) is 23.3 Å². The number of rotatable bonds is 6. The summed E-state index contributed by atoms with van der Waals surface area (Å²) in [6, 6.07) is 11.8. The van der Waals surface area contributed by atoms with Gasteiger partial charge in [0, 0.05) is 6.07 Å². The van der Waals surface area contributed by atoms with Gasteiger partial charge in [-0.3, -0.25) is 4.79 Å². The molecule has 0 radical (unpaired) electrons. The van der Waals surface area contributed by atoms with Crippen molar-refractivity contribution in [1.29, 1.82) is 0 Å². The maximum atomic E-state index is 13.6. The van der Waals surface area contributed by atoms with Crippen molar-refractivity contribution in [1.82, 2.24) is 5.32 Å². The first-order valence-corrected chi connectivity index (χ1v) is 8.27. The normalized spacial score (nSPS) is 11.9. The van der Waals surface area contributed by atoms with E-state index >= 15 is 0 Å². The second kappa shape index (κ2) is 8.16. The minimum atomic E-state index is -1.65. The number of ether oxygens (including phenoxy) is 1. The topological polar surface area (TPSA) is 51.5 Å². The zero-order valence-electron chi connectivity index (χ0n) is 14.6. The Labute approximate surface area is 157 Å². The fraction of sp³-hybridized carbons (Fsp3) is 0.150. The highest BCUT2D eigenvalue weighted by atomic mass is 19.2. The van der Waals surface area contributed by atoms with E-state index in [2.05, 4.69) is 5.32 Å². The van der Waals surface area contributed by atoms with Gasteiger partial charge in [0.25, 0.3) is 5.91 Å². The summed E-state index contributed by atoms with van der Waals surface area (Å²) in [7, 11) is 0. The third-order valence-electron chi connectivity index (χ3n) is 3.96. The van der Waals surface area contributed by atoms with Gasteiger partial charge in [0.15, 0.2) is 23.1 Å². The average Bonchev–Trinajstić information content (AvgIpc) is 3.16. The van der Waals surface area contributed by atoms with Crippen molar-refractivity contribution >= 4 is 5.91 Å². The van der Waals surface area contributed by atoms with Gasteiger partial charge < -0.3 is 14.5 Å². The van der Waals surface area contributed by atoms with Crippen molar-refractivity contribution in [3.63, 3.8) is 0 Å². The van der Waals surface area contributed by atoms with Crippen molar-refractivity contribution < 1.29 is 31.5 Å². The number of carbonyl (C=O) groups excluding carboxylic acids is 1. The maximum absolute atomic E-state index is 13.6. The van der Waals surface area contributed by atoms with Gasteiger partial charge in [-0.15, -0.1) is 0 Å². The molecule has 3 aromatic rings. The number of halogens is 4. The number of hydrogen-bond donors (Lipinski definition) is 1. The number of carbonyl (C=O) groups is 1. The van der Waals surface area contributed by atoms with Crippen molar-refractivity contribution in [2.45, 2.75) is 19.6 Å². The smallest absolute Gasteiger partial charge is 0.287 e. The monoisotopic (exact) mass is 393 g/mol. The first-order valence-electron chi connectivity index (χ1n) is 8.27. The molecule has 0 aliphatic heterocycles. The van der Waals surface area contributed by atoms with Gasteiger partial charge in [0.1, 0.15) is 12.4 Å². The Morgan fingerprint density at radius 1 is 1.04 bits per heavy atom. The van der Waals surface area contributed by atoms with E-state index in [9.17, 15) is 22.4 Å². The minimum absolute atomic E-state index is 0.0426. The molecule has 0 saturated carbocycles. The second-order valence-electron chi connectivity index (χ2n) is 5.96. The minimum Gasteiger partial charge on any atom is -0.479 e. The van der Waals surface area contributed by atoms with E-state index in [-0.39, 0.29) is 23.6 Å². The zero-order chi connectivity index (χ0) is 20.3. The van der Waals surface area contributed by atoms with Gasteiger partial charge in [-0.25, -0.2) is 8.78 Å². The summed E-state index contributed by atoms with van der Waals surface area (Å²) in [4.78, 5) is 12.2. The van der Waals surface area contributed by atoms with E-state index in [0.29, 0.717) is 0 Å². The zero-order valence-corrected chi connectivity index (χ0v) is 14.6. The summed E-state index contributed by atoms with van der Waals surface area (Å²) in [5.41, 5.74) is 0.894. The molecule has 1 heterocycles. The number of amides is 1. The molecule has 8 heteroatoms. The number of hydrogen-bond acceptors (Lipinski definition) is 3. The Kier molecular flexibility index (Phi) is 5.67. The Hall–Kier alpha value is -3.29. The molecule has 1 atom stereocenters. The molecular formula is C20H15F4NO3. The molecule has 1 unspecified atom stereocenters. The van der Waals surface area contributed by atoms with E-state index in [1.54, 1.807) is 6.92 Å². The molecule has 2 aromatic carbocycles. The first kappa shape index (κ1) is 19.5. The fourth-order valence-electron chi connectivity index (χ4n) is 2.49. The van der Waals surface area contributed by atoms with E-state index in [1.807, 2.05) is 30.3 Å². The summed E-state index contributed by atoms with van der Waals surface area (Å²) in [6.07, 6.45) is 0. The Morgan fingerprint density at radius 2 is 1.68 bits per heavy atom. The largest absolute Gasteiger partial charge is 0.479 e. The van der Waals surface area contributed by atoms with Gasteiger partial charge in [0.2, 0.25) is 11.6 Å². The van der Waals surface area contributed by atoms with Crippen molar-refractivity contribution in [2.24, 2.45) is 0 Å². The second-order valence-corrected chi connectivity index (χ2v) is 5.96. The molecule has 4 nitrogen and oxygen atoms in total. The van der Waals surface area contributed by atoms with Crippen molar-refractivity contribution in [3.05, 3.63) is 88.9 Å². The van der Waals surface area contributed by atoms with Gasteiger partial charge in [-0.1, -0.05) is 30.3 Å². The van der Waals surface area contributed by atoms with Crippen molar-refractivity contribution in [2.75, 3.05) is 0 Å². The third-order valence-corrected chi connectivity index (χ3v) is 3.96. The molecule has 0 fully saturated rings. The van der Waals surface area contributed by atoms with Crippen molar-refractivity contribution in [3.8, 4) is 5.75 Å². The summed E-state index contributed by atoms with van der Waals surface area (Å²) in [5.74, 6) is -8.17. The van der Waals surface area contributed by atoms with E-state index in [0.717, 1.165) is 5.56 Å². The highest BCUT2D eigenvalue weighted by Gasteiger charge is 2.21. The standard InChI is InChI=1S/C20H15F4NO3/c1-11(12-5-3-2-4-6-12)25-20(26)16-8-7-13(28-16)10-27-19-17(23)14(21)9-15(22)18(19)24/h2-9,11H,10H2,1H3,(H,25,26). The maximum Gasteiger partial charge on any atom is 0.287 e. The van der Waals surface area contributed by atoms with E-state index < -0.39 is 41.5 Å². The summed E-state index contributed by atoms with van der Waals surface area (Å²) in [6.45, 7) is 1.27. The SMILES string of the molecule is CC(NC(=O)c1ccc(COc2c(F)c(F)cc(F)c2F)o1)c1ccccc1. The van der Waals surface area contributed by atoms with Crippen LogP contribution in [-0.2, 0) is 6.61 Å². The Bertz CT molecular complexity index is 962. The summed E-state index contributed by atoms with van der Waals surface area (Å²) < 4.78 is 63.6. The van der Waals surface area contributed by atoms with E-state index in [1.165, 1.54) is 12.1 Å². The third kappa shape index (κ3) is 4.16. The lowest BCUT2D eigenvalue weighted by Crippen LogP contribution is -2.26. The van der Waals surface area contributed by atoms with Gasteiger partial charge in [-0.2, -0.15) is 8.78 Å². The van der Waals surface area contributed by atoms with Crippen LogP contribution in [0.25, 0.3) is 0 Å². The summed E-state index contributed by atoms with van der Waals surface area (Å²) in [5, 5.41) is 2.74. The predicted molar refractivity (Wildman–Crippen MR) is 91.6 cm³/mol. The van der Waals surface area contributed by atoms with Crippen LogP contribution in [0.4, 0.5) is 17.6 Å². The Balaban J connectivity index is 1.66. The molecule has 0 spiro atoms. The lowest BCUT2D eigenvalue weighted by Gasteiger charge is -2.13. The van der Waals surface area contributed by atoms with Crippen LogP contribution in [0.3, 0.4) is 0 Å². The number of furan rings is 1. The molecule has 3 rings (SSSR count). The lowest BCUT2D eigenvalue weighted by atomic mass is 10.1. The Morgan fingerprint density at radius 3 is 2.32 bits per heavy atom. The van der Waals surface area contributed by atoms with Crippen LogP contribution in [0.1, 0.15) is 34.8 Å². The quantitative estimate of drug-likeness (QED) is 0.478. The molecule has 0 aliphatic rings. The lowest BCUT2D eigenvalue weighted by molar-refractivity contribution is 0.0907. The predicted octanol–water partition coefficient (Wildman–Crippen LogP) is 4.91. The highest BCUT2D eigenvalue weighted by molar-refractivity contribution is 5.91. The fourth-order valence-corrected chi connectivity index (χ4v) is 2.49. The molecule has 1 N–H and O–H groups in total. The van der Waals surface area contributed by atoms with Crippen LogP contribution >= 0.6 is 0 Å². The molecule has 0 bridgehead atoms. The van der Waals surface area contributed by atoms with Crippen LogP contribution in [0.5, 0.6) is 5.75 Å². The van der Waals surface area contributed by atoms with Gasteiger partial charge >= 0.3 is 0 Å². The number of benzene rings is 2.